The molecule has 0 saturated carbocycles. The molecule has 1 atom stereocenters. The monoisotopic (exact) mass is 358 g/mol. The molecule has 0 unspecified atom stereocenters. The molecule has 0 aliphatic carbocycles. The minimum absolute atomic E-state index is 0.0434. The molecule has 0 radical (unpaired) electrons. The molecule has 3 nitrogen and oxygen atoms in total. The fourth-order valence-electron chi connectivity index (χ4n) is 2.35. The smallest absolute Gasteiger partial charge is 0.128 e. The third-order valence-corrected chi connectivity index (χ3v) is 4.45. The molecule has 0 spiro atoms. The highest BCUT2D eigenvalue weighted by Crippen LogP contribution is 2.28. The minimum atomic E-state index is -0.0434. The Kier molecular flexibility index (Phi) is 5.75. The SMILES string of the molecule is CCCC[C@H]1NC(CO)=C(Cl)N1Cc1ccc(Br)cc1. The molecule has 0 bridgehead atoms. The van der Waals surface area contributed by atoms with Gasteiger partial charge in [-0.1, -0.05) is 53.0 Å². The number of benzene rings is 1. The van der Waals surface area contributed by atoms with Crippen molar-refractivity contribution in [2.75, 3.05) is 6.61 Å². The standard InChI is InChI=1S/C15H20BrClN2O/c1-2-3-4-14-18-13(10-20)15(17)19(14)9-11-5-7-12(16)8-6-11/h5-8,14,18,20H,2-4,9-10H2,1H3/t14-/m0/s1. The van der Waals surface area contributed by atoms with E-state index in [-0.39, 0.29) is 12.8 Å². The second kappa shape index (κ2) is 7.34. The minimum Gasteiger partial charge on any atom is -0.390 e. The largest absolute Gasteiger partial charge is 0.390 e. The van der Waals surface area contributed by atoms with Crippen LogP contribution >= 0.6 is 27.5 Å². The lowest BCUT2D eigenvalue weighted by atomic mass is 10.1. The van der Waals surface area contributed by atoms with Gasteiger partial charge < -0.3 is 15.3 Å². The highest BCUT2D eigenvalue weighted by Gasteiger charge is 2.29. The van der Waals surface area contributed by atoms with E-state index in [2.05, 4.69) is 45.2 Å². The second-order valence-electron chi connectivity index (χ2n) is 4.98. The van der Waals surface area contributed by atoms with Gasteiger partial charge in [0.25, 0.3) is 0 Å². The summed E-state index contributed by atoms with van der Waals surface area (Å²) in [5.41, 5.74) is 1.93. The number of halogens is 2. The molecule has 1 aliphatic rings. The quantitative estimate of drug-likeness (QED) is 0.759. The highest BCUT2D eigenvalue weighted by molar-refractivity contribution is 9.10. The van der Waals surface area contributed by atoms with Crippen molar-refractivity contribution in [1.29, 1.82) is 0 Å². The predicted octanol–water partition coefficient (Wildman–Crippen LogP) is 3.77. The summed E-state index contributed by atoms with van der Waals surface area (Å²) >= 11 is 9.82. The van der Waals surface area contributed by atoms with Crippen LogP contribution in [-0.2, 0) is 6.54 Å². The van der Waals surface area contributed by atoms with Gasteiger partial charge in [-0.25, -0.2) is 0 Å². The Bertz CT molecular complexity index is 475. The number of aliphatic hydroxyl groups excluding tert-OH is 1. The number of aliphatic hydroxyl groups is 1. The van der Waals surface area contributed by atoms with Gasteiger partial charge in [0, 0.05) is 11.0 Å². The van der Waals surface area contributed by atoms with Crippen molar-refractivity contribution in [1.82, 2.24) is 10.2 Å². The maximum atomic E-state index is 9.36. The van der Waals surface area contributed by atoms with E-state index in [4.69, 9.17) is 11.6 Å². The van der Waals surface area contributed by atoms with Crippen molar-refractivity contribution in [3.8, 4) is 0 Å². The molecule has 1 aromatic rings. The van der Waals surface area contributed by atoms with Crippen molar-refractivity contribution >= 4 is 27.5 Å². The van der Waals surface area contributed by atoms with Crippen LogP contribution in [0.2, 0.25) is 0 Å². The summed E-state index contributed by atoms with van der Waals surface area (Å²) in [5, 5.41) is 13.3. The van der Waals surface area contributed by atoms with Crippen LogP contribution < -0.4 is 5.32 Å². The van der Waals surface area contributed by atoms with Crippen LogP contribution in [0.15, 0.2) is 39.6 Å². The molecule has 0 saturated heterocycles. The lowest BCUT2D eigenvalue weighted by molar-refractivity contribution is 0.242. The van der Waals surface area contributed by atoms with E-state index >= 15 is 0 Å². The summed E-state index contributed by atoms with van der Waals surface area (Å²) < 4.78 is 1.07. The summed E-state index contributed by atoms with van der Waals surface area (Å²) in [5.74, 6) is 0. The molecular formula is C15H20BrClN2O. The summed E-state index contributed by atoms with van der Waals surface area (Å²) in [6, 6.07) is 8.24. The molecule has 2 rings (SSSR count). The van der Waals surface area contributed by atoms with Crippen LogP contribution in [0, 0.1) is 0 Å². The van der Waals surface area contributed by atoms with Crippen LogP contribution in [0.5, 0.6) is 0 Å². The van der Waals surface area contributed by atoms with Crippen LogP contribution in [-0.4, -0.2) is 22.8 Å². The van der Waals surface area contributed by atoms with Crippen LogP contribution in [0.4, 0.5) is 0 Å². The van der Waals surface area contributed by atoms with Gasteiger partial charge in [0.05, 0.1) is 18.5 Å². The fourth-order valence-corrected chi connectivity index (χ4v) is 2.91. The van der Waals surface area contributed by atoms with Gasteiger partial charge in [-0.05, 0) is 30.5 Å². The predicted molar refractivity (Wildman–Crippen MR) is 86.1 cm³/mol. The molecule has 110 valence electrons. The molecule has 20 heavy (non-hydrogen) atoms. The van der Waals surface area contributed by atoms with Gasteiger partial charge in [-0.3, -0.25) is 0 Å². The Labute approximate surface area is 133 Å². The molecular weight excluding hydrogens is 340 g/mol. The Morgan fingerprint density at radius 2 is 2.05 bits per heavy atom. The maximum Gasteiger partial charge on any atom is 0.128 e. The highest BCUT2D eigenvalue weighted by atomic mass is 79.9. The first-order valence-corrected chi connectivity index (χ1v) is 8.10. The zero-order chi connectivity index (χ0) is 14.5. The number of nitrogens with one attached hydrogen (secondary N) is 1. The number of rotatable bonds is 6. The van der Waals surface area contributed by atoms with E-state index in [9.17, 15) is 5.11 Å². The number of nitrogens with zero attached hydrogens (tertiary/aromatic N) is 1. The zero-order valence-corrected chi connectivity index (χ0v) is 13.9. The van der Waals surface area contributed by atoms with Gasteiger partial charge in [0.15, 0.2) is 0 Å². The molecule has 2 N–H and O–H groups in total. The average molecular weight is 360 g/mol. The lowest BCUT2D eigenvalue weighted by Crippen LogP contribution is -2.36. The first-order valence-electron chi connectivity index (χ1n) is 6.92. The zero-order valence-electron chi connectivity index (χ0n) is 11.6. The molecule has 0 fully saturated rings. The molecule has 0 amide bonds. The number of unbranched alkanes of at least 4 members (excludes halogenated alkanes) is 1. The molecule has 1 aromatic carbocycles. The van der Waals surface area contributed by atoms with Gasteiger partial charge in [-0.2, -0.15) is 0 Å². The van der Waals surface area contributed by atoms with Crippen LogP contribution in [0.25, 0.3) is 0 Å². The Morgan fingerprint density at radius 3 is 2.65 bits per heavy atom. The summed E-state index contributed by atoms with van der Waals surface area (Å²) in [6.07, 6.45) is 3.48. The van der Waals surface area contributed by atoms with Crippen molar-refractivity contribution < 1.29 is 5.11 Å². The van der Waals surface area contributed by atoms with E-state index in [0.29, 0.717) is 5.16 Å². The normalized spacial score (nSPS) is 18.6. The lowest BCUT2D eigenvalue weighted by Gasteiger charge is -2.27. The summed E-state index contributed by atoms with van der Waals surface area (Å²) in [4.78, 5) is 2.13. The first-order chi connectivity index (χ1) is 9.65. The van der Waals surface area contributed by atoms with Gasteiger partial charge >= 0.3 is 0 Å². The van der Waals surface area contributed by atoms with E-state index in [0.717, 1.165) is 36.0 Å². The molecule has 1 heterocycles. The average Bonchev–Trinajstić information content (AvgIpc) is 2.75. The number of hydrogen-bond donors (Lipinski definition) is 2. The Morgan fingerprint density at radius 1 is 1.35 bits per heavy atom. The van der Waals surface area contributed by atoms with Gasteiger partial charge in [-0.15, -0.1) is 0 Å². The third-order valence-electron chi connectivity index (χ3n) is 3.47. The molecule has 0 aromatic heterocycles. The fraction of sp³-hybridized carbons (Fsp3) is 0.467. The third kappa shape index (κ3) is 3.68. The van der Waals surface area contributed by atoms with Crippen molar-refractivity contribution in [3.63, 3.8) is 0 Å². The van der Waals surface area contributed by atoms with Crippen molar-refractivity contribution in [3.05, 3.63) is 45.2 Å². The number of hydrogen-bond acceptors (Lipinski definition) is 3. The second-order valence-corrected chi connectivity index (χ2v) is 6.26. The first kappa shape index (κ1) is 15.7. The van der Waals surface area contributed by atoms with Crippen LogP contribution in [0.1, 0.15) is 31.7 Å². The maximum absolute atomic E-state index is 9.36. The van der Waals surface area contributed by atoms with Gasteiger partial charge in [0.2, 0.25) is 0 Å². The summed E-state index contributed by atoms with van der Waals surface area (Å²) in [7, 11) is 0. The topological polar surface area (TPSA) is 35.5 Å². The Balaban J connectivity index is 2.11. The van der Waals surface area contributed by atoms with E-state index in [1.807, 2.05) is 12.1 Å². The van der Waals surface area contributed by atoms with E-state index < -0.39 is 0 Å². The van der Waals surface area contributed by atoms with Crippen LogP contribution in [0.3, 0.4) is 0 Å². The van der Waals surface area contributed by atoms with Crippen molar-refractivity contribution in [2.24, 2.45) is 0 Å². The van der Waals surface area contributed by atoms with Gasteiger partial charge in [0.1, 0.15) is 5.16 Å². The summed E-state index contributed by atoms with van der Waals surface area (Å²) in [6.45, 7) is 2.88. The van der Waals surface area contributed by atoms with E-state index in [1.54, 1.807) is 0 Å². The molecule has 5 heteroatoms. The molecule has 1 aliphatic heterocycles. The van der Waals surface area contributed by atoms with E-state index in [1.165, 1.54) is 5.56 Å². The Hall–Kier alpha value is -0.710. The van der Waals surface area contributed by atoms with Crippen molar-refractivity contribution in [2.45, 2.75) is 38.9 Å².